The fourth-order valence-electron chi connectivity index (χ4n) is 0. The molecule has 0 N–H and O–H groups in total. The van der Waals surface area contributed by atoms with Crippen LogP contribution in [0.1, 0.15) is 0 Å². The van der Waals surface area contributed by atoms with Crippen molar-refractivity contribution in [1.29, 1.82) is 0 Å². The Bertz CT molecular complexity index is 11.6. The van der Waals surface area contributed by atoms with Crippen LogP contribution in [-0.2, 0) is 72.6 Å². The maximum absolute atomic E-state index is 0. The Hall–Kier alpha value is 2.26. The van der Waals surface area contributed by atoms with Crippen molar-refractivity contribution >= 4 is 0 Å². The van der Waals surface area contributed by atoms with Crippen molar-refractivity contribution in [2.75, 3.05) is 0 Å². The molecule has 4 heteroatoms. The molecule has 0 aliphatic carbocycles. The van der Waals surface area contributed by atoms with Crippen LogP contribution in [0, 0.1) is 7.43 Å². The molecule has 0 saturated carbocycles. The number of hydrogen-bond acceptors (Lipinski definition) is 0. The summed E-state index contributed by atoms with van der Waals surface area (Å²) in [5, 5.41) is 0. The third kappa shape index (κ3) is 22.2. The predicted octanol–water partition coefficient (Wildman–Crippen LogP) is 0.440. The fraction of sp³-hybridized carbons (Fsp3) is 0. The van der Waals surface area contributed by atoms with Gasteiger partial charge in [0.2, 0.25) is 0 Å². The summed E-state index contributed by atoms with van der Waals surface area (Å²) in [5.74, 6) is 0. The second kappa shape index (κ2) is 33.9. The quantitative estimate of drug-likeness (QED) is 0.418. The summed E-state index contributed by atoms with van der Waals surface area (Å²) in [7, 11) is 0. The summed E-state index contributed by atoms with van der Waals surface area (Å²) >= 11 is 0. The molecule has 0 fully saturated rings. The summed E-state index contributed by atoms with van der Waals surface area (Å²) in [6.45, 7) is 0. The van der Waals surface area contributed by atoms with Gasteiger partial charge in [-0.2, -0.15) is 0 Å². The first-order valence-corrected chi connectivity index (χ1v) is 0. The van der Waals surface area contributed by atoms with Crippen LogP contribution in [0.25, 0.3) is 0 Å². The first kappa shape index (κ1) is 55.7. The molecule has 5 heavy (non-hydrogen) atoms. The molecule has 0 unspecified atom stereocenters. The minimum absolute atomic E-state index is 0. The molecule has 0 aliphatic rings. The van der Waals surface area contributed by atoms with Gasteiger partial charge in [0.1, 0.15) is 0 Å². The topological polar surface area (TPSA) is 0 Å². The monoisotopic (exact) mass is 229 g/mol. The second-order valence-corrected chi connectivity index (χ2v) is 0. The van der Waals surface area contributed by atoms with Gasteiger partial charge in [-0.3, -0.25) is 0 Å². The molecule has 0 aromatic carbocycles. The molecule has 0 saturated heterocycles. The van der Waals surface area contributed by atoms with Crippen LogP contribution in [0.4, 0.5) is 0 Å². The van der Waals surface area contributed by atoms with Crippen LogP contribution < -0.4 is 0 Å². The predicted molar refractivity (Wildman–Crippen MR) is 6.41 cm³/mol. The van der Waals surface area contributed by atoms with E-state index in [0.29, 0.717) is 0 Å². The minimum Gasteiger partial charge on any atom is -0.358 e. The van der Waals surface area contributed by atoms with E-state index in [9.17, 15) is 0 Å². The molecular weight excluding hydrogens is 226 g/mol. The van der Waals surface area contributed by atoms with Gasteiger partial charge >= 0.3 is 0 Å². The van der Waals surface area contributed by atoms with Crippen LogP contribution in [0.5, 0.6) is 0 Å². The van der Waals surface area contributed by atoms with Crippen molar-refractivity contribution in [2.45, 2.75) is 0 Å². The zero-order valence-corrected chi connectivity index (χ0v) is 7.51. The maximum atomic E-state index is 0. The van der Waals surface area contributed by atoms with Gasteiger partial charge in [-0.1, -0.05) is 0 Å². The molecule has 0 heterocycles. The van der Waals surface area contributed by atoms with E-state index >= 15 is 0 Å². The molecule has 0 aliphatic heterocycles. The number of rotatable bonds is 0. The van der Waals surface area contributed by atoms with Gasteiger partial charge in [0.25, 0.3) is 0 Å². The molecule has 0 rings (SSSR count). The van der Waals surface area contributed by atoms with Crippen LogP contribution in [0.2, 0.25) is 0 Å². The largest absolute Gasteiger partial charge is 0.358 e. The van der Waals surface area contributed by atoms with Crippen LogP contribution in [-0.4, -0.2) is 0 Å². The Morgan fingerprint density at radius 2 is 1.00 bits per heavy atom. The molecule has 0 radical (unpaired) electrons. The molecule has 0 aromatic rings. The van der Waals surface area contributed by atoms with Gasteiger partial charge in [-0.05, 0) is 0 Å². The Kier molecular flexibility index (Phi) is 378. The van der Waals surface area contributed by atoms with Crippen LogP contribution in [0.15, 0.2) is 0 Å². The van der Waals surface area contributed by atoms with Crippen LogP contribution in [0.3, 0.4) is 0 Å². The summed E-state index contributed by atoms with van der Waals surface area (Å²) in [6.07, 6.45) is 0. The smallest absolute Gasteiger partial charge is 0 e. The molecular formula is CH3CrFeNiTi-. The standard InChI is InChI=1S/CH3.Cr.Fe.Ni.Ti/h1H3;;;;/q-1;;;;. The third-order valence-corrected chi connectivity index (χ3v) is 0. The van der Waals surface area contributed by atoms with E-state index in [1.165, 1.54) is 0 Å². The van der Waals surface area contributed by atoms with Gasteiger partial charge in [-0.15, -0.1) is 0 Å². The first-order valence-electron chi connectivity index (χ1n) is 0. The third-order valence-electron chi connectivity index (χ3n) is 0. The van der Waals surface area contributed by atoms with Crippen molar-refractivity contribution in [3.63, 3.8) is 0 Å². The normalized spacial score (nSPS) is 0. The summed E-state index contributed by atoms with van der Waals surface area (Å²) in [5.41, 5.74) is 0. The van der Waals surface area contributed by atoms with Crippen molar-refractivity contribution in [3.8, 4) is 0 Å². The molecule has 0 atom stereocenters. The van der Waals surface area contributed by atoms with Gasteiger partial charge in [0.15, 0.2) is 0 Å². The minimum atomic E-state index is 0. The van der Waals surface area contributed by atoms with Gasteiger partial charge in [-0.25, -0.2) is 0 Å². The fourth-order valence-corrected chi connectivity index (χ4v) is 0. The second-order valence-electron chi connectivity index (χ2n) is 0. The van der Waals surface area contributed by atoms with E-state index in [1.54, 1.807) is 0 Å². The van der Waals surface area contributed by atoms with Gasteiger partial charge in [0, 0.05) is 72.6 Å². The van der Waals surface area contributed by atoms with Crippen LogP contribution >= 0.6 is 0 Å². The Balaban J connectivity index is 0. The van der Waals surface area contributed by atoms with Gasteiger partial charge in [0.05, 0.1) is 0 Å². The van der Waals surface area contributed by atoms with Crippen molar-refractivity contribution < 1.29 is 72.6 Å². The summed E-state index contributed by atoms with van der Waals surface area (Å²) in [4.78, 5) is 0. The molecule has 0 bridgehead atoms. The molecule has 0 aromatic heterocycles. The average Bonchev–Trinajstić information content (AvgIpc) is 0. The Morgan fingerprint density at radius 3 is 1.00 bits per heavy atom. The van der Waals surface area contributed by atoms with Gasteiger partial charge < -0.3 is 7.43 Å². The Labute approximate surface area is 79.3 Å². The van der Waals surface area contributed by atoms with E-state index in [0.717, 1.165) is 0 Å². The summed E-state index contributed by atoms with van der Waals surface area (Å²) in [6, 6.07) is 0. The molecule has 0 amide bonds. The SMILES string of the molecule is [CH3-].[Cr].[Fe].[Ni].[Ti]. The van der Waals surface area contributed by atoms with E-state index in [4.69, 9.17) is 0 Å². The zero-order chi connectivity index (χ0) is 0. The Morgan fingerprint density at radius 1 is 1.00 bits per heavy atom. The van der Waals surface area contributed by atoms with Crippen molar-refractivity contribution in [2.24, 2.45) is 0 Å². The van der Waals surface area contributed by atoms with Crippen molar-refractivity contribution in [1.82, 2.24) is 0 Å². The van der Waals surface area contributed by atoms with E-state index in [1.807, 2.05) is 0 Å². The van der Waals surface area contributed by atoms with E-state index < -0.39 is 0 Å². The summed E-state index contributed by atoms with van der Waals surface area (Å²) < 4.78 is 0. The van der Waals surface area contributed by atoms with E-state index in [2.05, 4.69) is 0 Å². The van der Waals surface area contributed by atoms with Crippen molar-refractivity contribution in [3.05, 3.63) is 7.43 Å². The number of hydrogen-bond donors (Lipinski definition) is 0. The molecule has 36 valence electrons. The maximum Gasteiger partial charge on any atom is 0 e. The average molecular weight is 229 g/mol. The molecule has 0 spiro atoms. The zero-order valence-electron chi connectivity index (χ0n) is 2.58. The molecule has 0 nitrogen and oxygen atoms in total. The first-order chi connectivity index (χ1) is 0. The van der Waals surface area contributed by atoms with E-state index in [-0.39, 0.29) is 80.1 Å².